The van der Waals surface area contributed by atoms with Crippen LogP contribution in [0.4, 0.5) is 14.5 Å². The molecule has 1 saturated heterocycles. The van der Waals surface area contributed by atoms with Crippen LogP contribution in [-0.2, 0) is 4.79 Å². The third-order valence-electron chi connectivity index (χ3n) is 6.06. The largest absolute Gasteiger partial charge is 0.351 e. The maximum atomic E-state index is 13.6. The minimum atomic E-state index is -0.320. The second-order valence-corrected chi connectivity index (χ2v) is 9.42. The van der Waals surface area contributed by atoms with Crippen molar-refractivity contribution in [3.63, 3.8) is 0 Å². The number of carbonyl (C=O) groups is 2. The number of aryl methyl sites for hydroxylation is 1. The molecule has 34 heavy (non-hydrogen) atoms. The summed E-state index contributed by atoms with van der Waals surface area (Å²) in [5.41, 5.74) is 3.72. The smallest absolute Gasteiger partial charge is 0.251 e. The van der Waals surface area contributed by atoms with E-state index in [1.807, 2.05) is 19.9 Å². The topological polar surface area (TPSA) is 49.4 Å². The van der Waals surface area contributed by atoms with Crippen LogP contribution in [0.3, 0.4) is 0 Å². The van der Waals surface area contributed by atoms with Gasteiger partial charge in [-0.25, -0.2) is 8.78 Å². The SMILES string of the molecule is CCC(CNC(=O)c1ccc(N2C(=O)CSC2c2ccc(F)cc2)c(C)c1)c1cccc(F)c1. The highest BCUT2D eigenvalue weighted by Crippen LogP contribution is 2.42. The lowest BCUT2D eigenvalue weighted by Crippen LogP contribution is -2.30. The summed E-state index contributed by atoms with van der Waals surface area (Å²) >= 11 is 1.49. The zero-order valence-electron chi connectivity index (χ0n) is 19.1. The van der Waals surface area contributed by atoms with Gasteiger partial charge in [-0.05, 0) is 72.5 Å². The first kappa shape index (κ1) is 24.0. The summed E-state index contributed by atoms with van der Waals surface area (Å²) in [5, 5.41) is 2.70. The molecule has 3 aromatic rings. The number of hydrogen-bond donors (Lipinski definition) is 1. The average Bonchev–Trinajstić information content (AvgIpc) is 3.21. The lowest BCUT2D eigenvalue weighted by atomic mass is 9.96. The van der Waals surface area contributed by atoms with Crippen molar-refractivity contribution in [2.75, 3.05) is 17.2 Å². The van der Waals surface area contributed by atoms with Gasteiger partial charge in [-0.15, -0.1) is 11.8 Å². The molecular formula is C27H26F2N2O2S. The van der Waals surface area contributed by atoms with Crippen molar-refractivity contribution >= 4 is 29.3 Å². The summed E-state index contributed by atoms with van der Waals surface area (Å²) in [6, 6.07) is 17.9. The minimum absolute atomic E-state index is 0.00994. The summed E-state index contributed by atoms with van der Waals surface area (Å²) < 4.78 is 26.9. The molecule has 0 aromatic heterocycles. The fourth-order valence-electron chi connectivity index (χ4n) is 4.20. The van der Waals surface area contributed by atoms with E-state index in [1.54, 1.807) is 41.3 Å². The van der Waals surface area contributed by atoms with Gasteiger partial charge in [0.05, 0.1) is 5.75 Å². The van der Waals surface area contributed by atoms with Crippen molar-refractivity contribution in [3.8, 4) is 0 Å². The number of nitrogens with one attached hydrogen (secondary N) is 1. The molecule has 1 heterocycles. The number of nitrogens with zero attached hydrogens (tertiary/aromatic N) is 1. The molecule has 2 unspecified atom stereocenters. The summed E-state index contributed by atoms with van der Waals surface area (Å²) in [6.45, 7) is 4.27. The number of rotatable bonds is 7. The highest BCUT2D eigenvalue weighted by molar-refractivity contribution is 8.00. The van der Waals surface area contributed by atoms with Gasteiger partial charge in [0.25, 0.3) is 5.91 Å². The van der Waals surface area contributed by atoms with Crippen LogP contribution in [0.15, 0.2) is 66.7 Å². The van der Waals surface area contributed by atoms with Crippen LogP contribution in [0.1, 0.15) is 51.7 Å². The lowest BCUT2D eigenvalue weighted by Gasteiger charge is -2.26. The molecule has 0 aliphatic carbocycles. The molecule has 2 atom stereocenters. The Labute approximate surface area is 202 Å². The van der Waals surface area contributed by atoms with Crippen molar-refractivity contribution in [3.05, 3.63) is 101 Å². The summed E-state index contributed by atoms with van der Waals surface area (Å²) in [5.74, 6) is -0.513. The van der Waals surface area contributed by atoms with E-state index in [0.29, 0.717) is 17.9 Å². The van der Waals surface area contributed by atoms with Gasteiger partial charge in [-0.1, -0.05) is 31.2 Å². The molecule has 1 fully saturated rings. The molecule has 176 valence electrons. The van der Waals surface area contributed by atoms with E-state index < -0.39 is 0 Å². The molecule has 2 amide bonds. The third-order valence-corrected chi connectivity index (χ3v) is 7.28. The first-order chi connectivity index (χ1) is 16.4. The molecule has 7 heteroatoms. The van der Waals surface area contributed by atoms with Crippen molar-refractivity contribution in [2.24, 2.45) is 0 Å². The normalized spacial score (nSPS) is 16.5. The van der Waals surface area contributed by atoms with E-state index in [1.165, 1.54) is 36.0 Å². The Morgan fingerprint density at radius 2 is 1.85 bits per heavy atom. The maximum absolute atomic E-state index is 13.6. The van der Waals surface area contributed by atoms with Gasteiger partial charge in [0.1, 0.15) is 17.0 Å². The van der Waals surface area contributed by atoms with Crippen LogP contribution in [0, 0.1) is 18.6 Å². The first-order valence-corrected chi connectivity index (χ1v) is 12.3. The third kappa shape index (κ3) is 5.14. The van der Waals surface area contributed by atoms with E-state index in [2.05, 4.69) is 5.32 Å². The van der Waals surface area contributed by atoms with Crippen LogP contribution in [-0.4, -0.2) is 24.1 Å². The lowest BCUT2D eigenvalue weighted by molar-refractivity contribution is -0.115. The van der Waals surface area contributed by atoms with Crippen molar-refractivity contribution in [1.82, 2.24) is 5.32 Å². The Morgan fingerprint density at radius 3 is 2.53 bits per heavy atom. The molecule has 1 aliphatic rings. The van der Waals surface area contributed by atoms with Gasteiger partial charge in [-0.2, -0.15) is 0 Å². The van der Waals surface area contributed by atoms with Crippen molar-refractivity contribution < 1.29 is 18.4 Å². The van der Waals surface area contributed by atoms with Gasteiger partial charge >= 0.3 is 0 Å². The monoisotopic (exact) mass is 480 g/mol. The zero-order chi connectivity index (χ0) is 24.2. The van der Waals surface area contributed by atoms with Crippen LogP contribution < -0.4 is 10.2 Å². The second kappa shape index (κ2) is 10.4. The van der Waals surface area contributed by atoms with Gasteiger partial charge in [-0.3, -0.25) is 14.5 Å². The predicted octanol–water partition coefficient (Wildman–Crippen LogP) is 5.98. The summed E-state index contributed by atoms with van der Waals surface area (Å²) in [7, 11) is 0. The highest BCUT2D eigenvalue weighted by Gasteiger charge is 2.35. The first-order valence-electron chi connectivity index (χ1n) is 11.2. The van der Waals surface area contributed by atoms with Gasteiger partial charge in [0, 0.05) is 23.7 Å². The number of amides is 2. The Kier molecular flexibility index (Phi) is 7.32. The number of anilines is 1. The number of benzene rings is 3. The number of hydrogen-bond acceptors (Lipinski definition) is 3. The molecule has 0 spiro atoms. The van der Waals surface area contributed by atoms with Gasteiger partial charge in [0.15, 0.2) is 0 Å². The number of carbonyl (C=O) groups excluding carboxylic acids is 2. The molecular weight excluding hydrogens is 454 g/mol. The van der Waals surface area contributed by atoms with E-state index in [9.17, 15) is 18.4 Å². The predicted molar refractivity (Wildman–Crippen MR) is 132 cm³/mol. The zero-order valence-corrected chi connectivity index (χ0v) is 19.9. The summed E-state index contributed by atoms with van der Waals surface area (Å²) in [4.78, 5) is 27.2. The average molecular weight is 481 g/mol. The fourth-order valence-corrected chi connectivity index (χ4v) is 5.37. The maximum Gasteiger partial charge on any atom is 0.251 e. The quantitative estimate of drug-likeness (QED) is 0.453. The molecule has 0 bridgehead atoms. The minimum Gasteiger partial charge on any atom is -0.351 e. The van der Waals surface area contributed by atoms with Gasteiger partial charge in [0.2, 0.25) is 5.91 Å². The van der Waals surface area contributed by atoms with Gasteiger partial charge < -0.3 is 5.32 Å². The molecule has 4 rings (SSSR count). The highest BCUT2D eigenvalue weighted by atomic mass is 32.2. The number of thioether (sulfide) groups is 1. The molecule has 1 N–H and O–H groups in total. The Morgan fingerprint density at radius 1 is 1.09 bits per heavy atom. The van der Waals surface area contributed by atoms with Crippen LogP contribution in [0.2, 0.25) is 0 Å². The van der Waals surface area contributed by atoms with Crippen molar-refractivity contribution in [2.45, 2.75) is 31.6 Å². The van der Waals surface area contributed by atoms with E-state index in [4.69, 9.17) is 0 Å². The van der Waals surface area contributed by atoms with E-state index >= 15 is 0 Å². The molecule has 3 aromatic carbocycles. The molecule has 0 saturated carbocycles. The Hall–Kier alpha value is -3.19. The van der Waals surface area contributed by atoms with Crippen molar-refractivity contribution in [1.29, 1.82) is 0 Å². The second-order valence-electron chi connectivity index (χ2n) is 8.35. The molecule has 1 aliphatic heterocycles. The van der Waals surface area contributed by atoms with E-state index in [-0.39, 0.29) is 34.7 Å². The molecule has 0 radical (unpaired) electrons. The summed E-state index contributed by atoms with van der Waals surface area (Å²) in [6.07, 6.45) is 0.765. The Balaban J connectivity index is 1.49. The number of halogens is 2. The fraction of sp³-hybridized carbons (Fsp3) is 0.259. The Bertz CT molecular complexity index is 1200. The van der Waals surface area contributed by atoms with Crippen LogP contribution in [0.25, 0.3) is 0 Å². The molecule has 4 nitrogen and oxygen atoms in total. The van der Waals surface area contributed by atoms with Crippen LogP contribution >= 0.6 is 11.8 Å². The van der Waals surface area contributed by atoms with Crippen LogP contribution in [0.5, 0.6) is 0 Å². The van der Waals surface area contributed by atoms with E-state index in [0.717, 1.165) is 28.8 Å². The standard InChI is InChI=1S/C27H26F2N2O2S/c1-3-18(20-5-4-6-23(29)14-20)15-30-26(33)21-9-12-24(17(2)13-21)31-25(32)16-34-27(31)19-7-10-22(28)11-8-19/h4-14,18,27H,3,15-16H2,1-2H3,(H,30,33).